The first kappa shape index (κ1) is 13.6. The molecule has 1 N–H and O–H groups in total. The molecule has 3 aromatic rings. The number of aromatic nitrogens is 2. The molecule has 4 heteroatoms. The van der Waals surface area contributed by atoms with Crippen molar-refractivity contribution in [3.63, 3.8) is 0 Å². The number of imidazole rings is 1. The summed E-state index contributed by atoms with van der Waals surface area (Å²) < 4.78 is 19.3. The second kappa shape index (κ2) is 5.95. The number of aromatic amines is 1. The molecule has 0 spiro atoms. The third-order valence-electron chi connectivity index (χ3n) is 3.36. The molecule has 0 bridgehead atoms. The molecule has 1 heterocycles. The average molecular weight is 284 g/mol. The van der Waals surface area contributed by atoms with E-state index in [1.807, 2.05) is 30.3 Å². The summed E-state index contributed by atoms with van der Waals surface area (Å²) in [5.41, 5.74) is 1.98. The molecule has 21 heavy (non-hydrogen) atoms. The van der Waals surface area contributed by atoms with Crippen LogP contribution in [0.15, 0.2) is 42.5 Å². The van der Waals surface area contributed by atoms with Crippen molar-refractivity contribution < 1.29 is 9.13 Å². The first-order chi connectivity index (χ1) is 10.3. The van der Waals surface area contributed by atoms with Crippen LogP contribution in [-0.4, -0.2) is 16.6 Å². The normalized spacial score (nSPS) is 11.0. The van der Waals surface area contributed by atoms with Crippen LogP contribution < -0.4 is 4.74 Å². The fourth-order valence-corrected chi connectivity index (χ4v) is 2.18. The second-order valence-electron chi connectivity index (χ2n) is 4.95. The zero-order chi connectivity index (χ0) is 14.7. The van der Waals surface area contributed by atoms with Gasteiger partial charge in [-0.2, -0.15) is 0 Å². The zero-order valence-corrected chi connectivity index (χ0v) is 11.9. The second-order valence-corrected chi connectivity index (χ2v) is 4.95. The Balaban J connectivity index is 1.83. The molecule has 0 amide bonds. The van der Waals surface area contributed by atoms with E-state index in [9.17, 15) is 4.39 Å². The maximum Gasteiger partial charge on any atom is 0.151 e. The van der Waals surface area contributed by atoms with Crippen LogP contribution in [0.2, 0.25) is 0 Å². The number of fused-ring (bicyclic) bond motifs is 1. The molecule has 0 saturated heterocycles. The molecule has 108 valence electrons. The molecule has 2 aromatic carbocycles. The Morgan fingerprint density at radius 3 is 2.67 bits per heavy atom. The van der Waals surface area contributed by atoms with Crippen LogP contribution in [0.4, 0.5) is 4.39 Å². The lowest BCUT2D eigenvalue weighted by Crippen LogP contribution is -1.96. The fourth-order valence-electron chi connectivity index (χ4n) is 2.18. The SMILES string of the molecule is CCCCOc1ccc(-c2nc3c(F)cccc3[nH]2)cc1. The number of hydrogen-bond donors (Lipinski definition) is 1. The van der Waals surface area contributed by atoms with Gasteiger partial charge in [0.25, 0.3) is 0 Å². The Morgan fingerprint density at radius 2 is 1.95 bits per heavy atom. The monoisotopic (exact) mass is 284 g/mol. The molecular weight excluding hydrogens is 267 g/mol. The average Bonchev–Trinajstić information content (AvgIpc) is 2.94. The standard InChI is InChI=1S/C17H17FN2O/c1-2-3-11-21-13-9-7-12(8-10-13)17-19-15-6-4-5-14(18)16(15)20-17/h4-10H,2-3,11H2,1H3,(H,19,20). The van der Waals surface area contributed by atoms with Gasteiger partial charge in [-0.1, -0.05) is 19.4 Å². The van der Waals surface area contributed by atoms with E-state index in [1.54, 1.807) is 6.07 Å². The minimum atomic E-state index is -0.311. The van der Waals surface area contributed by atoms with Crippen LogP contribution in [0, 0.1) is 5.82 Å². The molecule has 3 nitrogen and oxygen atoms in total. The lowest BCUT2D eigenvalue weighted by molar-refractivity contribution is 0.309. The highest BCUT2D eigenvalue weighted by Crippen LogP contribution is 2.24. The summed E-state index contributed by atoms with van der Waals surface area (Å²) >= 11 is 0. The van der Waals surface area contributed by atoms with Crippen molar-refractivity contribution in [3.8, 4) is 17.1 Å². The Bertz CT molecular complexity index is 734. The molecule has 0 radical (unpaired) electrons. The van der Waals surface area contributed by atoms with Gasteiger partial charge in [0.05, 0.1) is 12.1 Å². The Hall–Kier alpha value is -2.36. The summed E-state index contributed by atoms with van der Waals surface area (Å²) in [7, 11) is 0. The molecule has 0 aliphatic heterocycles. The summed E-state index contributed by atoms with van der Waals surface area (Å²) in [5, 5.41) is 0. The van der Waals surface area contributed by atoms with Gasteiger partial charge in [-0.05, 0) is 42.8 Å². The van der Waals surface area contributed by atoms with Gasteiger partial charge < -0.3 is 9.72 Å². The van der Waals surface area contributed by atoms with Crippen molar-refractivity contribution in [3.05, 3.63) is 48.3 Å². The molecule has 0 aliphatic rings. The molecule has 0 saturated carbocycles. The third-order valence-corrected chi connectivity index (χ3v) is 3.36. The summed E-state index contributed by atoms with van der Waals surface area (Å²) in [6.07, 6.45) is 2.16. The molecular formula is C17H17FN2O. The van der Waals surface area contributed by atoms with Crippen LogP contribution in [-0.2, 0) is 0 Å². The van der Waals surface area contributed by atoms with Gasteiger partial charge in [-0.25, -0.2) is 9.37 Å². The third kappa shape index (κ3) is 2.89. The number of hydrogen-bond acceptors (Lipinski definition) is 2. The largest absolute Gasteiger partial charge is 0.494 e. The van der Waals surface area contributed by atoms with Crippen molar-refractivity contribution in [2.45, 2.75) is 19.8 Å². The maximum absolute atomic E-state index is 13.6. The van der Waals surface area contributed by atoms with Gasteiger partial charge in [0, 0.05) is 5.56 Å². The van der Waals surface area contributed by atoms with Crippen molar-refractivity contribution >= 4 is 11.0 Å². The first-order valence-corrected chi connectivity index (χ1v) is 7.15. The van der Waals surface area contributed by atoms with E-state index in [-0.39, 0.29) is 5.82 Å². The molecule has 3 rings (SSSR count). The van der Waals surface area contributed by atoms with Gasteiger partial charge in [-0.15, -0.1) is 0 Å². The van der Waals surface area contributed by atoms with Crippen molar-refractivity contribution in [1.82, 2.24) is 9.97 Å². The lowest BCUT2D eigenvalue weighted by atomic mass is 10.2. The number of nitrogens with zero attached hydrogens (tertiary/aromatic N) is 1. The van der Waals surface area contributed by atoms with Gasteiger partial charge in [-0.3, -0.25) is 0 Å². The Morgan fingerprint density at radius 1 is 1.14 bits per heavy atom. The number of unbranched alkanes of at least 4 members (excludes halogenated alkanes) is 1. The van der Waals surface area contributed by atoms with E-state index in [0.717, 1.165) is 30.8 Å². The van der Waals surface area contributed by atoms with Crippen molar-refractivity contribution in [1.29, 1.82) is 0 Å². The summed E-state index contributed by atoms with van der Waals surface area (Å²) in [6, 6.07) is 12.6. The molecule has 0 fully saturated rings. The van der Waals surface area contributed by atoms with Gasteiger partial charge in [0.15, 0.2) is 5.82 Å². The van der Waals surface area contributed by atoms with E-state index >= 15 is 0 Å². The van der Waals surface area contributed by atoms with E-state index < -0.39 is 0 Å². The fraction of sp³-hybridized carbons (Fsp3) is 0.235. The number of halogens is 1. The van der Waals surface area contributed by atoms with E-state index in [1.165, 1.54) is 6.07 Å². The zero-order valence-electron chi connectivity index (χ0n) is 11.9. The molecule has 1 aromatic heterocycles. The van der Waals surface area contributed by atoms with Gasteiger partial charge in [0.1, 0.15) is 17.1 Å². The number of nitrogens with one attached hydrogen (secondary N) is 1. The van der Waals surface area contributed by atoms with Gasteiger partial charge >= 0.3 is 0 Å². The predicted octanol–water partition coefficient (Wildman–Crippen LogP) is 4.55. The lowest BCUT2D eigenvalue weighted by Gasteiger charge is -2.05. The highest BCUT2D eigenvalue weighted by molar-refractivity contribution is 5.79. The smallest absolute Gasteiger partial charge is 0.151 e. The molecule has 0 aliphatic carbocycles. The number of ether oxygens (including phenoxy) is 1. The maximum atomic E-state index is 13.6. The molecule has 0 unspecified atom stereocenters. The minimum Gasteiger partial charge on any atom is -0.494 e. The van der Waals surface area contributed by atoms with E-state index in [0.29, 0.717) is 16.9 Å². The number of rotatable bonds is 5. The van der Waals surface area contributed by atoms with Crippen LogP contribution in [0.5, 0.6) is 5.75 Å². The predicted molar refractivity (Wildman–Crippen MR) is 81.9 cm³/mol. The van der Waals surface area contributed by atoms with Gasteiger partial charge in [0.2, 0.25) is 0 Å². The quantitative estimate of drug-likeness (QED) is 0.698. The highest BCUT2D eigenvalue weighted by Gasteiger charge is 2.08. The molecule has 0 atom stereocenters. The van der Waals surface area contributed by atoms with Crippen LogP contribution in [0.25, 0.3) is 22.4 Å². The van der Waals surface area contributed by atoms with Crippen LogP contribution in [0.1, 0.15) is 19.8 Å². The van der Waals surface area contributed by atoms with Crippen molar-refractivity contribution in [2.24, 2.45) is 0 Å². The first-order valence-electron chi connectivity index (χ1n) is 7.15. The Labute approximate surface area is 122 Å². The van der Waals surface area contributed by atoms with Crippen LogP contribution in [0.3, 0.4) is 0 Å². The van der Waals surface area contributed by atoms with E-state index in [4.69, 9.17) is 4.74 Å². The van der Waals surface area contributed by atoms with Crippen LogP contribution >= 0.6 is 0 Å². The minimum absolute atomic E-state index is 0.311. The number of benzene rings is 2. The summed E-state index contributed by atoms with van der Waals surface area (Å²) in [4.78, 5) is 7.45. The van der Waals surface area contributed by atoms with Crippen molar-refractivity contribution in [2.75, 3.05) is 6.61 Å². The topological polar surface area (TPSA) is 37.9 Å². The number of para-hydroxylation sites is 1. The number of H-pyrrole nitrogens is 1. The summed E-state index contributed by atoms with van der Waals surface area (Å²) in [6.45, 7) is 2.86. The Kier molecular flexibility index (Phi) is 3.86. The highest BCUT2D eigenvalue weighted by atomic mass is 19.1. The summed E-state index contributed by atoms with van der Waals surface area (Å²) in [5.74, 6) is 1.19. The van der Waals surface area contributed by atoms with E-state index in [2.05, 4.69) is 16.9 Å².